The third-order valence-corrected chi connectivity index (χ3v) is 6.09. The van der Waals surface area contributed by atoms with Crippen LogP contribution in [0.5, 0.6) is 0 Å². The molecule has 6 nitrogen and oxygen atoms in total. The molecule has 0 atom stereocenters. The summed E-state index contributed by atoms with van der Waals surface area (Å²) in [5, 5.41) is 0.323. The van der Waals surface area contributed by atoms with Gasteiger partial charge in [0.05, 0.1) is 11.1 Å². The van der Waals surface area contributed by atoms with Crippen LogP contribution >= 0.6 is 0 Å². The Hall–Kier alpha value is -3.02. The van der Waals surface area contributed by atoms with Crippen LogP contribution in [0.2, 0.25) is 0 Å². The molecule has 2 heterocycles. The van der Waals surface area contributed by atoms with Crippen LogP contribution in [0.15, 0.2) is 33.9 Å². The number of hydrogen-bond donors (Lipinski definition) is 0. The third kappa shape index (κ3) is 3.02. The van der Waals surface area contributed by atoms with Crippen molar-refractivity contribution in [2.75, 3.05) is 0 Å². The molecule has 0 radical (unpaired) electrons. The van der Waals surface area contributed by atoms with Gasteiger partial charge >= 0.3 is 5.69 Å². The van der Waals surface area contributed by atoms with Crippen LogP contribution in [0.25, 0.3) is 22.2 Å². The van der Waals surface area contributed by atoms with Crippen molar-refractivity contribution in [2.24, 2.45) is 19.5 Å². The van der Waals surface area contributed by atoms with Crippen LogP contribution in [-0.2, 0) is 20.5 Å². The van der Waals surface area contributed by atoms with Crippen molar-refractivity contribution in [3.05, 3.63) is 61.9 Å². The van der Waals surface area contributed by atoms with Gasteiger partial charge in [0.25, 0.3) is 5.56 Å². The van der Waals surface area contributed by atoms with E-state index < -0.39 is 11.2 Å². The summed E-state index contributed by atoms with van der Waals surface area (Å²) in [4.78, 5) is 43.7. The number of aryl methyl sites for hydroxylation is 1. The second kappa shape index (κ2) is 6.76. The molecule has 0 spiro atoms. The van der Waals surface area contributed by atoms with Crippen molar-refractivity contribution >= 4 is 16.8 Å². The van der Waals surface area contributed by atoms with Crippen LogP contribution in [0.4, 0.5) is 0 Å². The molecule has 156 valence electrons. The van der Waals surface area contributed by atoms with Gasteiger partial charge in [-0.1, -0.05) is 52.0 Å². The summed E-state index contributed by atoms with van der Waals surface area (Å²) in [6, 6.07) is 7.98. The number of rotatable bonds is 2. The number of hydrogen-bond acceptors (Lipinski definition) is 4. The van der Waals surface area contributed by atoms with Crippen LogP contribution in [-0.4, -0.2) is 19.9 Å². The first kappa shape index (κ1) is 20.3. The largest absolute Gasteiger partial charge is 0.332 e. The van der Waals surface area contributed by atoms with Gasteiger partial charge in [-0.3, -0.25) is 18.7 Å². The number of benzene rings is 1. The predicted octanol–water partition coefficient (Wildman–Crippen LogP) is 3.58. The first-order chi connectivity index (χ1) is 14.0. The molecular formula is C24H27N3O3. The van der Waals surface area contributed by atoms with Gasteiger partial charge in [0.15, 0.2) is 5.78 Å². The van der Waals surface area contributed by atoms with E-state index in [2.05, 4.69) is 18.8 Å². The average molecular weight is 405 g/mol. The Morgan fingerprint density at radius 1 is 0.933 bits per heavy atom. The SMILES string of the molecule is CC(C)c1ccc(-c2c3c(nc4c2c(=O)n(C)c(=O)n4C)CC(C)(C)CC3=O)cc1. The van der Waals surface area contributed by atoms with Crippen molar-refractivity contribution in [3.8, 4) is 11.1 Å². The molecule has 3 aromatic rings. The molecule has 0 fully saturated rings. The number of ketones is 1. The number of fused-ring (bicyclic) bond motifs is 2. The Morgan fingerprint density at radius 2 is 1.57 bits per heavy atom. The van der Waals surface area contributed by atoms with Gasteiger partial charge in [-0.05, 0) is 28.9 Å². The quantitative estimate of drug-likeness (QED) is 0.653. The Kier molecular flexibility index (Phi) is 4.56. The zero-order valence-electron chi connectivity index (χ0n) is 18.4. The van der Waals surface area contributed by atoms with E-state index >= 15 is 0 Å². The molecule has 0 saturated carbocycles. The van der Waals surface area contributed by atoms with E-state index in [4.69, 9.17) is 0 Å². The van der Waals surface area contributed by atoms with Gasteiger partial charge in [0, 0.05) is 31.6 Å². The van der Waals surface area contributed by atoms with E-state index in [0.29, 0.717) is 46.6 Å². The first-order valence-corrected chi connectivity index (χ1v) is 10.3. The highest BCUT2D eigenvalue weighted by Gasteiger charge is 2.36. The van der Waals surface area contributed by atoms with Gasteiger partial charge in [-0.25, -0.2) is 9.78 Å². The van der Waals surface area contributed by atoms with E-state index in [1.165, 1.54) is 17.2 Å². The van der Waals surface area contributed by atoms with Crippen molar-refractivity contribution < 1.29 is 4.79 Å². The van der Waals surface area contributed by atoms with E-state index in [1.54, 1.807) is 7.05 Å². The Balaban J connectivity index is 2.19. The standard InChI is InChI=1S/C24H27N3O3/c1-13(2)14-7-9-15(10-8-14)18-19-16(11-24(3,4)12-17(19)28)25-21-20(18)22(29)27(6)23(30)26(21)5/h7-10,13H,11-12H2,1-6H3. The summed E-state index contributed by atoms with van der Waals surface area (Å²) >= 11 is 0. The molecule has 0 saturated heterocycles. The lowest BCUT2D eigenvalue weighted by Crippen LogP contribution is -2.38. The van der Waals surface area contributed by atoms with Gasteiger partial charge < -0.3 is 0 Å². The summed E-state index contributed by atoms with van der Waals surface area (Å²) in [6.07, 6.45) is 1.01. The summed E-state index contributed by atoms with van der Waals surface area (Å²) in [5.41, 5.74) is 3.02. The second-order valence-corrected chi connectivity index (χ2v) is 9.43. The van der Waals surface area contributed by atoms with Crippen molar-refractivity contribution in [1.82, 2.24) is 14.1 Å². The first-order valence-electron chi connectivity index (χ1n) is 10.3. The minimum Gasteiger partial charge on any atom is -0.294 e. The summed E-state index contributed by atoms with van der Waals surface area (Å²) in [6.45, 7) is 8.32. The molecule has 4 rings (SSSR count). The van der Waals surface area contributed by atoms with Gasteiger partial charge in [0.1, 0.15) is 5.65 Å². The predicted molar refractivity (Wildman–Crippen MR) is 118 cm³/mol. The number of nitrogens with zero attached hydrogens (tertiary/aromatic N) is 3. The number of Topliss-reactive ketones (excluding diaryl/α,β-unsaturated/α-hetero) is 1. The number of aromatic nitrogens is 3. The highest BCUT2D eigenvalue weighted by Crippen LogP contribution is 2.40. The molecule has 2 aromatic heterocycles. The summed E-state index contributed by atoms with van der Waals surface area (Å²) in [5.74, 6) is 0.368. The summed E-state index contributed by atoms with van der Waals surface area (Å²) in [7, 11) is 3.07. The minimum absolute atomic E-state index is 0.00510. The van der Waals surface area contributed by atoms with Crippen LogP contribution in [0.1, 0.15) is 61.6 Å². The van der Waals surface area contributed by atoms with E-state index in [1.807, 2.05) is 38.1 Å². The fraction of sp³-hybridized carbons (Fsp3) is 0.417. The highest BCUT2D eigenvalue weighted by molar-refractivity contribution is 6.10. The molecule has 0 aliphatic heterocycles. The summed E-state index contributed by atoms with van der Waals surface area (Å²) < 4.78 is 2.48. The molecule has 0 amide bonds. The van der Waals surface area contributed by atoms with Crippen molar-refractivity contribution in [1.29, 1.82) is 0 Å². The molecule has 1 aromatic carbocycles. The maximum atomic E-state index is 13.2. The van der Waals surface area contributed by atoms with Crippen molar-refractivity contribution in [2.45, 2.75) is 46.5 Å². The van der Waals surface area contributed by atoms with Crippen molar-refractivity contribution in [3.63, 3.8) is 0 Å². The molecule has 1 aliphatic carbocycles. The number of carbonyl (C=O) groups excluding carboxylic acids is 1. The lowest BCUT2D eigenvalue weighted by molar-refractivity contribution is 0.0911. The molecule has 6 heteroatoms. The smallest absolute Gasteiger partial charge is 0.294 e. The maximum Gasteiger partial charge on any atom is 0.332 e. The molecule has 1 aliphatic rings. The second-order valence-electron chi connectivity index (χ2n) is 9.43. The lowest BCUT2D eigenvalue weighted by atomic mass is 9.73. The lowest BCUT2D eigenvalue weighted by Gasteiger charge is -2.31. The maximum absolute atomic E-state index is 13.2. The monoisotopic (exact) mass is 405 g/mol. The fourth-order valence-electron chi connectivity index (χ4n) is 4.43. The van der Waals surface area contributed by atoms with Crippen LogP contribution in [0, 0.1) is 5.41 Å². The molecule has 30 heavy (non-hydrogen) atoms. The van der Waals surface area contributed by atoms with Gasteiger partial charge in [-0.15, -0.1) is 0 Å². The van der Waals surface area contributed by atoms with Crippen LogP contribution in [0.3, 0.4) is 0 Å². The Labute approximate surface area is 175 Å². The Morgan fingerprint density at radius 3 is 2.17 bits per heavy atom. The van der Waals surface area contributed by atoms with Gasteiger partial charge in [0.2, 0.25) is 0 Å². The van der Waals surface area contributed by atoms with E-state index in [9.17, 15) is 14.4 Å². The number of carbonyl (C=O) groups is 1. The molecule has 0 N–H and O–H groups in total. The average Bonchev–Trinajstić information content (AvgIpc) is 2.68. The van der Waals surface area contributed by atoms with E-state index in [-0.39, 0.29) is 11.2 Å². The van der Waals surface area contributed by atoms with E-state index in [0.717, 1.165) is 10.1 Å². The van der Waals surface area contributed by atoms with Crippen LogP contribution < -0.4 is 11.2 Å². The molecule has 0 bridgehead atoms. The molecule has 0 unspecified atom stereocenters. The topological polar surface area (TPSA) is 74.0 Å². The van der Waals surface area contributed by atoms with Gasteiger partial charge in [-0.2, -0.15) is 0 Å². The fourth-order valence-corrected chi connectivity index (χ4v) is 4.43. The zero-order chi connectivity index (χ0) is 22.0. The third-order valence-electron chi connectivity index (χ3n) is 6.09. The zero-order valence-corrected chi connectivity index (χ0v) is 18.4. The number of pyridine rings is 1. The highest BCUT2D eigenvalue weighted by atomic mass is 16.2. The Bertz CT molecular complexity index is 1310. The molecular weight excluding hydrogens is 378 g/mol. The normalized spacial score (nSPS) is 15.6. The minimum atomic E-state index is -0.428.